The summed E-state index contributed by atoms with van der Waals surface area (Å²) in [6.45, 7) is 9.03. The maximum absolute atomic E-state index is 14.4. The predicted octanol–water partition coefficient (Wildman–Crippen LogP) is 5.30. The van der Waals surface area contributed by atoms with Crippen LogP contribution < -0.4 is 20.7 Å². The zero-order chi connectivity index (χ0) is 25.6. The number of hydrogen-bond donors (Lipinski definition) is 3. The van der Waals surface area contributed by atoms with E-state index < -0.39 is 23.4 Å². The molecule has 0 unspecified atom stereocenters. The van der Waals surface area contributed by atoms with E-state index in [1.807, 2.05) is 0 Å². The van der Waals surface area contributed by atoms with Crippen molar-refractivity contribution in [2.24, 2.45) is 0 Å². The van der Waals surface area contributed by atoms with Gasteiger partial charge in [0.1, 0.15) is 35.9 Å². The molecule has 0 aliphatic heterocycles. The molecule has 0 aliphatic rings. The molecule has 2 amide bonds. The molecule has 2 aromatic carbocycles. The van der Waals surface area contributed by atoms with Crippen molar-refractivity contribution in [2.45, 2.75) is 26.4 Å². The second-order valence-electron chi connectivity index (χ2n) is 8.31. The van der Waals surface area contributed by atoms with Crippen LogP contribution in [0.2, 0.25) is 0 Å². The molecule has 0 radical (unpaired) electrons. The summed E-state index contributed by atoms with van der Waals surface area (Å²) in [5, 5.41) is 8.76. The summed E-state index contributed by atoms with van der Waals surface area (Å²) in [7, 11) is 0. The van der Waals surface area contributed by atoms with Crippen LogP contribution in [0.4, 0.5) is 26.4 Å². The zero-order valence-corrected chi connectivity index (χ0v) is 21.0. The third kappa shape index (κ3) is 7.38. The summed E-state index contributed by atoms with van der Waals surface area (Å²) in [4.78, 5) is 32.3. The first-order valence-electron chi connectivity index (χ1n) is 10.6. The van der Waals surface area contributed by atoms with E-state index in [1.165, 1.54) is 12.4 Å². The van der Waals surface area contributed by atoms with Crippen LogP contribution >= 0.6 is 15.9 Å². The Hall–Kier alpha value is -3.73. The lowest BCUT2D eigenvalue weighted by Gasteiger charge is -2.20. The lowest BCUT2D eigenvalue weighted by atomic mass is 10.1. The molecule has 11 heteroatoms. The lowest BCUT2D eigenvalue weighted by Crippen LogP contribution is -2.34. The van der Waals surface area contributed by atoms with Crippen LogP contribution in [0.25, 0.3) is 10.9 Å². The van der Waals surface area contributed by atoms with E-state index >= 15 is 0 Å². The Morgan fingerprint density at radius 3 is 2.63 bits per heavy atom. The third-order valence-corrected chi connectivity index (χ3v) is 4.89. The maximum Gasteiger partial charge on any atom is 0.407 e. The number of carbonyl (C=O) groups excluding carboxylic acids is 2. The first-order chi connectivity index (χ1) is 16.6. The molecule has 184 valence electrons. The topological polar surface area (TPSA) is 114 Å². The molecular weight excluding hydrogens is 521 g/mol. The molecule has 0 bridgehead atoms. The summed E-state index contributed by atoms with van der Waals surface area (Å²) in [6.07, 6.45) is 1.89. The lowest BCUT2D eigenvalue weighted by molar-refractivity contribution is -0.111. The Balaban J connectivity index is 1.85. The first kappa shape index (κ1) is 25.9. The molecule has 1 aromatic heterocycles. The molecule has 3 aromatic rings. The minimum absolute atomic E-state index is 0.0992. The Labute approximate surface area is 210 Å². The minimum Gasteiger partial charge on any atom is -0.489 e. The normalized spacial score (nSPS) is 11.0. The Morgan fingerprint density at radius 1 is 1.17 bits per heavy atom. The smallest absolute Gasteiger partial charge is 0.407 e. The number of nitrogens with one attached hydrogen (secondary N) is 3. The van der Waals surface area contributed by atoms with Gasteiger partial charge in [0, 0.05) is 15.9 Å². The number of rotatable bonds is 8. The van der Waals surface area contributed by atoms with Gasteiger partial charge in [0.05, 0.1) is 23.4 Å². The van der Waals surface area contributed by atoms with Crippen LogP contribution in [0.3, 0.4) is 0 Å². The monoisotopic (exact) mass is 545 g/mol. The highest BCUT2D eigenvalue weighted by molar-refractivity contribution is 9.10. The minimum atomic E-state index is -0.615. The van der Waals surface area contributed by atoms with Gasteiger partial charge < -0.3 is 25.4 Å². The van der Waals surface area contributed by atoms with Gasteiger partial charge in [0.2, 0.25) is 5.91 Å². The van der Waals surface area contributed by atoms with Crippen molar-refractivity contribution in [3.63, 3.8) is 0 Å². The van der Waals surface area contributed by atoms with E-state index in [1.54, 1.807) is 45.0 Å². The standard InChI is InChI=1S/C24H25BrFN5O4/c1-5-21(32)30-19-11-15-18(12-20(19)34-9-8-27-23(33)35-24(2,3)4)28-13-29-22(15)31-17-7-6-14(25)10-16(17)26/h5-7,10-13H,1,8-9H2,2-4H3,(H,27,33)(H,30,32)(H,28,29,31). The van der Waals surface area contributed by atoms with E-state index in [0.717, 1.165) is 6.08 Å². The molecule has 1 heterocycles. The Kier molecular flexibility index (Phi) is 8.23. The van der Waals surface area contributed by atoms with Gasteiger partial charge >= 0.3 is 6.09 Å². The predicted molar refractivity (Wildman–Crippen MR) is 135 cm³/mol. The molecule has 0 spiro atoms. The van der Waals surface area contributed by atoms with Crippen molar-refractivity contribution in [3.8, 4) is 5.75 Å². The van der Waals surface area contributed by atoms with Crippen LogP contribution in [0, 0.1) is 5.82 Å². The summed E-state index contributed by atoms with van der Waals surface area (Å²) in [6, 6.07) is 7.84. The second kappa shape index (κ2) is 11.1. The van der Waals surface area contributed by atoms with Crippen molar-refractivity contribution >= 4 is 56.0 Å². The number of aromatic nitrogens is 2. The SMILES string of the molecule is C=CC(=O)Nc1cc2c(Nc3ccc(Br)cc3F)ncnc2cc1OCCNC(=O)OC(C)(C)C. The Bertz CT molecular complexity index is 1260. The van der Waals surface area contributed by atoms with Gasteiger partial charge in [-0.2, -0.15) is 0 Å². The summed E-state index contributed by atoms with van der Waals surface area (Å²) >= 11 is 3.23. The van der Waals surface area contributed by atoms with Gasteiger partial charge in [-0.05, 0) is 51.1 Å². The molecule has 0 saturated carbocycles. The largest absolute Gasteiger partial charge is 0.489 e. The molecule has 0 saturated heterocycles. The third-order valence-electron chi connectivity index (χ3n) is 4.39. The second-order valence-corrected chi connectivity index (χ2v) is 9.22. The van der Waals surface area contributed by atoms with Crippen LogP contribution in [0.15, 0.2) is 53.8 Å². The van der Waals surface area contributed by atoms with Crippen molar-refractivity contribution in [1.82, 2.24) is 15.3 Å². The summed E-state index contributed by atoms with van der Waals surface area (Å²) < 4.78 is 25.9. The number of halogens is 2. The van der Waals surface area contributed by atoms with Crippen molar-refractivity contribution in [2.75, 3.05) is 23.8 Å². The van der Waals surface area contributed by atoms with E-state index in [-0.39, 0.29) is 18.8 Å². The number of amides is 2. The average molecular weight is 546 g/mol. The fraction of sp³-hybridized carbons (Fsp3) is 0.250. The van der Waals surface area contributed by atoms with Crippen LogP contribution in [0.5, 0.6) is 5.75 Å². The fourth-order valence-corrected chi connectivity index (χ4v) is 3.26. The average Bonchev–Trinajstić information content (AvgIpc) is 2.77. The number of carbonyl (C=O) groups is 2. The highest BCUT2D eigenvalue weighted by atomic mass is 79.9. The van der Waals surface area contributed by atoms with E-state index in [9.17, 15) is 14.0 Å². The van der Waals surface area contributed by atoms with Gasteiger partial charge in [0.15, 0.2) is 0 Å². The van der Waals surface area contributed by atoms with Crippen molar-refractivity contribution in [3.05, 3.63) is 59.6 Å². The highest BCUT2D eigenvalue weighted by Gasteiger charge is 2.17. The van der Waals surface area contributed by atoms with Gasteiger partial charge in [-0.25, -0.2) is 19.2 Å². The molecule has 0 aliphatic carbocycles. The van der Waals surface area contributed by atoms with E-state index in [4.69, 9.17) is 9.47 Å². The zero-order valence-electron chi connectivity index (χ0n) is 19.4. The first-order valence-corrected chi connectivity index (χ1v) is 11.4. The van der Waals surface area contributed by atoms with Gasteiger partial charge in [-0.3, -0.25) is 4.79 Å². The van der Waals surface area contributed by atoms with Crippen molar-refractivity contribution in [1.29, 1.82) is 0 Å². The number of nitrogens with zero attached hydrogens (tertiary/aromatic N) is 2. The molecule has 0 atom stereocenters. The molecule has 35 heavy (non-hydrogen) atoms. The molecule has 3 N–H and O–H groups in total. The molecule has 0 fully saturated rings. The number of alkyl carbamates (subject to hydrolysis) is 1. The molecular formula is C24H25BrFN5O4. The number of fused-ring (bicyclic) bond motifs is 1. The van der Waals surface area contributed by atoms with Gasteiger partial charge in [-0.15, -0.1) is 0 Å². The van der Waals surface area contributed by atoms with Gasteiger partial charge in [-0.1, -0.05) is 22.5 Å². The van der Waals surface area contributed by atoms with E-state index in [2.05, 4.69) is 48.4 Å². The molecule has 3 rings (SSSR count). The van der Waals surface area contributed by atoms with Crippen LogP contribution in [-0.4, -0.2) is 40.7 Å². The quantitative estimate of drug-likeness (QED) is 0.259. The number of hydrogen-bond acceptors (Lipinski definition) is 7. The number of ether oxygens (including phenoxy) is 2. The Morgan fingerprint density at radius 2 is 1.94 bits per heavy atom. The summed E-state index contributed by atoms with van der Waals surface area (Å²) in [5.74, 6) is -0.267. The molecule has 9 nitrogen and oxygen atoms in total. The van der Waals surface area contributed by atoms with E-state index in [0.29, 0.717) is 32.6 Å². The highest BCUT2D eigenvalue weighted by Crippen LogP contribution is 2.34. The van der Waals surface area contributed by atoms with Crippen LogP contribution in [-0.2, 0) is 9.53 Å². The number of benzene rings is 2. The van der Waals surface area contributed by atoms with Crippen molar-refractivity contribution < 1.29 is 23.5 Å². The van der Waals surface area contributed by atoms with Gasteiger partial charge in [0.25, 0.3) is 0 Å². The van der Waals surface area contributed by atoms with Crippen LogP contribution in [0.1, 0.15) is 20.8 Å². The number of anilines is 3. The summed E-state index contributed by atoms with van der Waals surface area (Å²) in [5.41, 5.74) is 0.426. The maximum atomic E-state index is 14.4. The fourth-order valence-electron chi connectivity index (χ4n) is 2.93.